The highest BCUT2D eigenvalue weighted by Crippen LogP contribution is 2.15. The molecule has 0 bridgehead atoms. The van der Waals surface area contributed by atoms with Crippen molar-refractivity contribution in [3.8, 4) is 5.75 Å². The molecule has 0 aliphatic heterocycles. The summed E-state index contributed by atoms with van der Waals surface area (Å²) < 4.78 is 5.04. The van der Waals surface area contributed by atoms with Gasteiger partial charge in [0, 0.05) is 23.4 Å². The molecule has 0 radical (unpaired) electrons. The quantitative estimate of drug-likeness (QED) is 0.508. The van der Waals surface area contributed by atoms with E-state index in [2.05, 4.69) is 10.6 Å². The zero-order valence-electron chi connectivity index (χ0n) is 12.1. The Hall–Kier alpha value is -3.00. The molecule has 0 aromatic heterocycles. The first-order chi connectivity index (χ1) is 11.0. The van der Waals surface area contributed by atoms with Crippen LogP contribution in [0.3, 0.4) is 0 Å². The van der Waals surface area contributed by atoms with Crippen LogP contribution >= 0.6 is 12.2 Å². The minimum Gasteiger partial charge on any atom is -0.497 e. The summed E-state index contributed by atoms with van der Waals surface area (Å²) in [5.74, 6) is 0.252. The van der Waals surface area contributed by atoms with E-state index in [1.165, 1.54) is 24.3 Å². The molecule has 0 spiro atoms. The Morgan fingerprint density at radius 1 is 1.13 bits per heavy atom. The molecule has 2 aromatic rings. The van der Waals surface area contributed by atoms with Crippen LogP contribution in [0, 0.1) is 10.1 Å². The average molecular weight is 331 g/mol. The van der Waals surface area contributed by atoms with Crippen LogP contribution in [0.1, 0.15) is 10.4 Å². The van der Waals surface area contributed by atoms with E-state index in [4.69, 9.17) is 17.0 Å². The van der Waals surface area contributed by atoms with Crippen molar-refractivity contribution >= 4 is 34.6 Å². The van der Waals surface area contributed by atoms with E-state index >= 15 is 0 Å². The smallest absolute Gasteiger partial charge is 0.269 e. The van der Waals surface area contributed by atoms with E-state index in [1.54, 1.807) is 31.4 Å². The van der Waals surface area contributed by atoms with Gasteiger partial charge in [-0.1, -0.05) is 0 Å². The first kappa shape index (κ1) is 16.4. The highest BCUT2D eigenvalue weighted by atomic mass is 32.1. The number of amides is 1. The van der Waals surface area contributed by atoms with Gasteiger partial charge in [0.2, 0.25) is 0 Å². The number of thiocarbonyl (C=S) groups is 1. The molecule has 0 heterocycles. The molecule has 0 saturated heterocycles. The maximum Gasteiger partial charge on any atom is 0.269 e. The molecule has 0 atom stereocenters. The Balaban J connectivity index is 1.95. The number of benzene rings is 2. The molecule has 2 rings (SSSR count). The molecule has 8 heteroatoms. The van der Waals surface area contributed by atoms with Crippen molar-refractivity contribution in [1.82, 2.24) is 5.32 Å². The van der Waals surface area contributed by atoms with Crippen molar-refractivity contribution in [3.63, 3.8) is 0 Å². The summed E-state index contributed by atoms with van der Waals surface area (Å²) in [6, 6.07) is 12.3. The van der Waals surface area contributed by atoms with Gasteiger partial charge >= 0.3 is 0 Å². The third kappa shape index (κ3) is 4.48. The fourth-order valence-corrected chi connectivity index (χ4v) is 1.96. The van der Waals surface area contributed by atoms with Gasteiger partial charge in [0.25, 0.3) is 11.6 Å². The lowest BCUT2D eigenvalue weighted by atomic mass is 10.2. The standard InChI is InChI=1S/C15H13N3O4S/c1-22-13-8-4-11(5-9-13)16-15(23)17-14(19)10-2-6-12(7-3-10)18(20)21/h2-9H,1H3,(H2,16,17,19,23). The first-order valence-corrected chi connectivity index (χ1v) is 6.91. The molecular weight excluding hydrogens is 318 g/mol. The summed E-state index contributed by atoms with van der Waals surface area (Å²) in [6.45, 7) is 0. The number of carbonyl (C=O) groups excluding carboxylic acids is 1. The molecule has 1 amide bonds. The second-order valence-corrected chi connectivity index (χ2v) is 4.85. The number of ether oxygens (including phenoxy) is 1. The molecule has 23 heavy (non-hydrogen) atoms. The van der Waals surface area contributed by atoms with Crippen molar-refractivity contribution in [3.05, 3.63) is 64.2 Å². The number of non-ortho nitro benzene ring substituents is 1. The van der Waals surface area contributed by atoms with Gasteiger partial charge in [0.1, 0.15) is 5.75 Å². The summed E-state index contributed by atoms with van der Waals surface area (Å²) in [7, 11) is 1.57. The number of carbonyl (C=O) groups is 1. The molecule has 0 saturated carbocycles. The number of nitro groups is 1. The zero-order chi connectivity index (χ0) is 16.8. The van der Waals surface area contributed by atoms with Crippen LogP contribution in [0.15, 0.2) is 48.5 Å². The van der Waals surface area contributed by atoms with Crippen molar-refractivity contribution < 1.29 is 14.5 Å². The van der Waals surface area contributed by atoms with Gasteiger partial charge in [-0.15, -0.1) is 0 Å². The maximum absolute atomic E-state index is 12.0. The van der Waals surface area contributed by atoms with Crippen LogP contribution < -0.4 is 15.4 Å². The molecular formula is C15H13N3O4S. The predicted molar refractivity (Wildman–Crippen MR) is 89.8 cm³/mol. The first-order valence-electron chi connectivity index (χ1n) is 6.50. The zero-order valence-corrected chi connectivity index (χ0v) is 12.9. The van der Waals surface area contributed by atoms with E-state index in [9.17, 15) is 14.9 Å². The number of rotatable bonds is 4. The van der Waals surface area contributed by atoms with Gasteiger partial charge < -0.3 is 10.1 Å². The number of hydrogen-bond acceptors (Lipinski definition) is 5. The molecule has 7 nitrogen and oxygen atoms in total. The van der Waals surface area contributed by atoms with Gasteiger partial charge in [-0.25, -0.2) is 0 Å². The van der Waals surface area contributed by atoms with E-state index in [-0.39, 0.29) is 16.4 Å². The minimum absolute atomic E-state index is 0.0829. The molecule has 0 fully saturated rings. The van der Waals surface area contributed by atoms with Crippen molar-refractivity contribution in [2.24, 2.45) is 0 Å². The molecule has 0 aliphatic rings. The lowest BCUT2D eigenvalue weighted by Gasteiger charge is -2.10. The van der Waals surface area contributed by atoms with Crippen LogP contribution in [-0.4, -0.2) is 23.1 Å². The second-order valence-electron chi connectivity index (χ2n) is 4.44. The highest BCUT2D eigenvalue weighted by Gasteiger charge is 2.10. The summed E-state index contributed by atoms with van der Waals surface area (Å²) >= 11 is 5.06. The van der Waals surface area contributed by atoms with Gasteiger partial charge in [0.15, 0.2) is 5.11 Å². The van der Waals surface area contributed by atoms with Crippen LogP contribution in [-0.2, 0) is 0 Å². The Morgan fingerprint density at radius 3 is 2.26 bits per heavy atom. The van der Waals surface area contributed by atoms with Gasteiger partial charge in [0.05, 0.1) is 12.0 Å². The number of nitrogens with zero attached hydrogens (tertiary/aromatic N) is 1. The SMILES string of the molecule is COc1ccc(NC(=S)NC(=O)c2ccc([N+](=O)[O-])cc2)cc1. The monoisotopic (exact) mass is 331 g/mol. The Morgan fingerprint density at radius 2 is 1.74 bits per heavy atom. The van der Waals surface area contributed by atoms with Crippen LogP contribution in [0.2, 0.25) is 0 Å². The van der Waals surface area contributed by atoms with Crippen molar-refractivity contribution in [2.75, 3.05) is 12.4 Å². The number of nitro benzene ring substituents is 1. The third-order valence-corrected chi connectivity index (χ3v) is 3.12. The molecule has 2 aromatic carbocycles. The van der Waals surface area contributed by atoms with Crippen LogP contribution in [0.25, 0.3) is 0 Å². The summed E-state index contributed by atoms with van der Waals surface area (Å²) in [5.41, 5.74) is 0.884. The van der Waals surface area contributed by atoms with E-state index in [1.807, 2.05) is 0 Å². The number of nitrogens with one attached hydrogen (secondary N) is 2. The average Bonchev–Trinajstić information content (AvgIpc) is 2.55. The minimum atomic E-state index is -0.530. The topological polar surface area (TPSA) is 93.5 Å². The highest BCUT2D eigenvalue weighted by molar-refractivity contribution is 7.80. The van der Waals surface area contributed by atoms with E-state index < -0.39 is 10.8 Å². The molecule has 2 N–H and O–H groups in total. The van der Waals surface area contributed by atoms with Crippen LogP contribution in [0.4, 0.5) is 11.4 Å². The summed E-state index contributed by atoms with van der Waals surface area (Å²) in [5, 5.41) is 16.1. The second kappa shape index (κ2) is 7.32. The Kier molecular flexibility index (Phi) is 5.21. The number of methoxy groups -OCH3 is 1. The summed E-state index contributed by atoms with van der Waals surface area (Å²) in [4.78, 5) is 22.0. The molecule has 118 valence electrons. The fourth-order valence-electron chi connectivity index (χ4n) is 1.75. The lowest BCUT2D eigenvalue weighted by molar-refractivity contribution is -0.384. The van der Waals surface area contributed by atoms with Gasteiger partial charge in [-0.3, -0.25) is 20.2 Å². The van der Waals surface area contributed by atoms with E-state index in [0.29, 0.717) is 11.4 Å². The predicted octanol–water partition coefficient (Wildman–Crippen LogP) is 2.73. The third-order valence-electron chi connectivity index (χ3n) is 2.92. The molecule has 0 unspecified atom stereocenters. The lowest BCUT2D eigenvalue weighted by Crippen LogP contribution is -2.34. The van der Waals surface area contributed by atoms with Crippen molar-refractivity contribution in [2.45, 2.75) is 0 Å². The number of hydrogen-bond donors (Lipinski definition) is 2. The van der Waals surface area contributed by atoms with Crippen molar-refractivity contribution in [1.29, 1.82) is 0 Å². The normalized spacial score (nSPS) is 9.78. The van der Waals surface area contributed by atoms with Gasteiger partial charge in [-0.2, -0.15) is 0 Å². The van der Waals surface area contributed by atoms with Crippen LogP contribution in [0.5, 0.6) is 5.75 Å². The number of anilines is 1. The van der Waals surface area contributed by atoms with Gasteiger partial charge in [-0.05, 0) is 48.6 Å². The maximum atomic E-state index is 12.0. The Labute approximate surface area is 137 Å². The molecule has 0 aliphatic carbocycles. The summed E-state index contributed by atoms with van der Waals surface area (Å²) in [6.07, 6.45) is 0. The Bertz CT molecular complexity index is 729. The fraction of sp³-hybridized carbons (Fsp3) is 0.0667. The van der Waals surface area contributed by atoms with E-state index in [0.717, 1.165) is 0 Å². The largest absolute Gasteiger partial charge is 0.497 e.